The summed E-state index contributed by atoms with van der Waals surface area (Å²) in [6.07, 6.45) is -0.741. The molecular formula is C26H23F3N4O4. The monoisotopic (exact) mass is 512 g/mol. The second kappa shape index (κ2) is 9.47. The lowest BCUT2D eigenvalue weighted by Crippen LogP contribution is -2.43. The Labute approximate surface area is 210 Å². The first-order valence-corrected chi connectivity index (χ1v) is 11.6. The molecule has 1 spiro atoms. The van der Waals surface area contributed by atoms with E-state index in [1.54, 1.807) is 18.3 Å². The van der Waals surface area contributed by atoms with Crippen LogP contribution in [0.3, 0.4) is 0 Å². The Hall–Kier alpha value is -3.99. The number of aromatic nitrogens is 2. The van der Waals surface area contributed by atoms with Crippen molar-refractivity contribution in [3.05, 3.63) is 65.6 Å². The fourth-order valence-corrected chi connectivity index (χ4v) is 4.47. The topological polar surface area (TPSA) is 102 Å². The number of fused-ring (bicyclic) bond motifs is 1. The molecule has 0 radical (unpaired) electrons. The maximum atomic E-state index is 13.0. The molecular weight excluding hydrogens is 489 g/mol. The number of hydrogen-bond donors (Lipinski definition) is 2. The number of rotatable bonds is 3. The minimum absolute atomic E-state index is 0.122. The minimum atomic E-state index is -4.67. The van der Waals surface area contributed by atoms with Crippen molar-refractivity contribution in [1.82, 2.24) is 9.97 Å². The predicted octanol–water partition coefficient (Wildman–Crippen LogP) is 4.99. The number of pyridine rings is 2. The number of anilines is 2. The van der Waals surface area contributed by atoms with Gasteiger partial charge in [0.15, 0.2) is 0 Å². The molecule has 4 heterocycles. The van der Waals surface area contributed by atoms with Gasteiger partial charge >= 0.3 is 6.18 Å². The molecule has 2 aliphatic heterocycles. The van der Waals surface area contributed by atoms with E-state index in [0.717, 1.165) is 22.9 Å². The molecule has 1 saturated heterocycles. The number of halogens is 3. The largest absolute Gasteiger partial charge is 0.484 e. The highest BCUT2D eigenvalue weighted by molar-refractivity contribution is 6.04. The van der Waals surface area contributed by atoms with Gasteiger partial charge in [0.2, 0.25) is 5.91 Å². The summed E-state index contributed by atoms with van der Waals surface area (Å²) in [6.45, 7) is 2.87. The molecule has 0 unspecified atom stereocenters. The van der Waals surface area contributed by atoms with Crippen LogP contribution in [0.1, 0.15) is 40.9 Å². The fraction of sp³-hybridized carbons (Fsp3) is 0.308. The number of carbonyl (C=O) groups excluding carboxylic acids is 2. The molecule has 0 aliphatic carbocycles. The minimum Gasteiger partial charge on any atom is -0.484 e. The third-order valence-electron chi connectivity index (χ3n) is 6.44. The van der Waals surface area contributed by atoms with E-state index in [0.29, 0.717) is 43.6 Å². The average Bonchev–Trinajstić information content (AvgIpc) is 2.99. The predicted molar refractivity (Wildman–Crippen MR) is 128 cm³/mol. The van der Waals surface area contributed by atoms with Crippen LogP contribution in [-0.4, -0.2) is 40.6 Å². The van der Waals surface area contributed by atoms with Gasteiger partial charge < -0.3 is 20.1 Å². The first kappa shape index (κ1) is 24.7. The van der Waals surface area contributed by atoms with Crippen molar-refractivity contribution < 1.29 is 32.2 Å². The quantitative estimate of drug-likeness (QED) is 0.513. The van der Waals surface area contributed by atoms with Crippen molar-refractivity contribution in [3.63, 3.8) is 0 Å². The molecule has 2 aromatic heterocycles. The van der Waals surface area contributed by atoms with Gasteiger partial charge in [-0.1, -0.05) is 6.07 Å². The second-order valence-corrected chi connectivity index (χ2v) is 9.10. The van der Waals surface area contributed by atoms with Gasteiger partial charge in [-0.25, -0.2) is 4.98 Å². The van der Waals surface area contributed by atoms with Crippen molar-refractivity contribution in [1.29, 1.82) is 0 Å². The average molecular weight is 512 g/mol. The second-order valence-electron chi connectivity index (χ2n) is 9.10. The Balaban J connectivity index is 1.43. The molecule has 11 heteroatoms. The summed E-state index contributed by atoms with van der Waals surface area (Å²) in [5, 5.41) is 5.45. The van der Waals surface area contributed by atoms with Crippen molar-refractivity contribution >= 4 is 23.3 Å². The number of carbonyl (C=O) groups is 2. The van der Waals surface area contributed by atoms with Crippen LogP contribution in [0.2, 0.25) is 0 Å². The van der Waals surface area contributed by atoms with Crippen molar-refractivity contribution in [3.8, 4) is 16.9 Å². The lowest BCUT2D eigenvalue weighted by atomic mass is 9.90. The van der Waals surface area contributed by atoms with E-state index < -0.39 is 23.4 Å². The zero-order valence-corrected chi connectivity index (χ0v) is 19.8. The molecule has 1 aromatic carbocycles. The zero-order valence-electron chi connectivity index (χ0n) is 19.8. The van der Waals surface area contributed by atoms with E-state index in [9.17, 15) is 22.8 Å². The zero-order chi connectivity index (χ0) is 26.2. The third-order valence-corrected chi connectivity index (χ3v) is 6.44. The van der Waals surface area contributed by atoms with E-state index in [1.807, 2.05) is 19.1 Å². The maximum Gasteiger partial charge on any atom is 0.433 e. The van der Waals surface area contributed by atoms with E-state index in [4.69, 9.17) is 9.47 Å². The van der Waals surface area contributed by atoms with E-state index in [1.165, 1.54) is 6.07 Å². The molecule has 0 atom stereocenters. The van der Waals surface area contributed by atoms with E-state index in [2.05, 4.69) is 20.6 Å². The Morgan fingerprint density at radius 2 is 1.89 bits per heavy atom. The van der Waals surface area contributed by atoms with Gasteiger partial charge in [0.1, 0.15) is 22.9 Å². The van der Waals surface area contributed by atoms with Crippen molar-refractivity contribution in [2.45, 2.75) is 38.0 Å². The highest BCUT2D eigenvalue weighted by Crippen LogP contribution is 2.40. The number of nitrogens with zero attached hydrogens (tertiary/aromatic N) is 2. The molecule has 5 rings (SSSR count). The van der Waals surface area contributed by atoms with E-state index in [-0.39, 0.29) is 23.7 Å². The number of aryl methyl sites for hydroxylation is 1. The highest BCUT2D eigenvalue weighted by atomic mass is 19.4. The molecule has 8 nitrogen and oxygen atoms in total. The summed E-state index contributed by atoms with van der Waals surface area (Å²) >= 11 is 0. The molecule has 0 bridgehead atoms. The summed E-state index contributed by atoms with van der Waals surface area (Å²) in [6, 6.07) is 8.93. The molecule has 1 fully saturated rings. The lowest BCUT2D eigenvalue weighted by molar-refractivity contribution is -0.141. The van der Waals surface area contributed by atoms with Crippen LogP contribution in [-0.2, 0) is 15.7 Å². The summed E-state index contributed by atoms with van der Waals surface area (Å²) in [7, 11) is 0. The normalized spacial score (nSPS) is 16.8. The van der Waals surface area contributed by atoms with Crippen LogP contribution in [0.4, 0.5) is 24.7 Å². The standard InChI is InChI=1S/C26H23F3N4O4/c1-15-14-31-22(33-24(35)17-4-7-30-21(11-17)26(27,28)29)12-18(15)16-2-3-19-20(10-16)37-25(13-23(34)32-19)5-8-36-9-6-25/h2-4,7,10-12,14H,5-6,8-9,13H2,1H3,(H,32,34)(H,31,33,35). The summed E-state index contributed by atoms with van der Waals surface area (Å²) in [5.41, 5.74) is 0.877. The summed E-state index contributed by atoms with van der Waals surface area (Å²) < 4.78 is 50.8. The number of hydrogen-bond acceptors (Lipinski definition) is 6. The Morgan fingerprint density at radius 1 is 1.11 bits per heavy atom. The SMILES string of the molecule is Cc1cnc(NC(=O)c2ccnc(C(F)(F)F)c2)cc1-c1ccc2c(c1)OC1(CCOCC1)CC(=O)N2. The van der Waals surface area contributed by atoms with Crippen LogP contribution in [0.5, 0.6) is 5.75 Å². The number of benzene rings is 1. The van der Waals surface area contributed by atoms with Gasteiger partial charge in [0, 0.05) is 30.8 Å². The highest BCUT2D eigenvalue weighted by Gasteiger charge is 2.40. The fourth-order valence-electron chi connectivity index (χ4n) is 4.47. The maximum absolute atomic E-state index is 13.0. The molecule has 37 heavy (non-hydrogen) atoms. The third kappa shape index (κ3) is 5.26. The number of alkyl halides is 3. The summed E-state index contributed by atoms with van der Waals surface area (Å²) in [4.78, 5) is 32.7. The molecule has 2 aliphatic rings. The molecule has 3 aromatic rings. The first-order chi connectivity index (χ1) is 17.6. The molecule has 2 amide bonds. The van der Waals surface area contributed by atoms with Crippen LogP contribution >= 0.6 is 0 Å². The number of nitrogens with one attached hydrogen (secondary N) is 2. The Morgan fingerprint density at radius 3 is 2.65 bits per heavy atom. The van der Waals surface area contributed by atoms with E-state index >= 15 is 0 Å². The Kier molecular flexibility index (Phi) is 6.32. The number of amides is 2. The van der Waals surface area contributed by atoms with Gasteiger partial charge in [-0.15, -0.1) is 0 Å². The van der Waals surface area contributed by atoms with Crippen LogP contribution in [0.25, 0.3) is 11.1 Å². The van der Waals surface area contributed by atoms with Crippen molar-refractivity contribution in [2.75, 3.05) is 23.8 Å². The van der Waals surface area contributed by atoms with Gasteiger partial charge in [-0.2, -0.15) is 13.2 Å². The van der Waals surface area contributed by atoms with Gasteiger partial charge in [0.05, 0.1) is 25.3 Å². The van der Waals surface area contributed by atoms with Crippen LogP contribution in [0, 0.1) is 6.92 Å². The van der Waals surface area contributed by atoms with Gasteiger partial charge in [-0.05, 0) is 53.9 Å². The van der Waals surface area contributed by atoms with Crippen LogP contribution in [0.15, 0.2) is 48.8 Å². The van der Waals surface area contributed by atoms with Gasteiger partial charge in [-0.3, -0.25) is 14.6 Å². The molecule has 2 N–H and O–H groups in total. The number of ether oxygens (including phenoxy) is 2. The first-order valence-electron chi connectivity index (χ1n) is 11.6. The smallest absolute Gasteiger partial charge is 0.433 e. The summed E-state index contributed by atoms with van der Waals surface area (Å²) in [5.74, 6) is -0.169. The Bertz CT molecular complexity index is 1370. The molecule has 0 saturated carbocycles. The van der Waals surface area contributed by atoms with Crippen LogP contribution < -0.4 is 15.4 Å². The molecule has 192 valence electrons. The lowest BCUT2D eigenvalue weighted by Gasteiger charge is -2.35. The van der Waals surface area contributed by atoms with Crippen molar-refractivity contribution in [2.24, 2.45) is 0 Å². The van der Waals surface area contributed by atoms with Gasteiger partial charge in [0.25, 0.3) is 5.91 Å².